The van der Waals surface area contributed by atoms with E-state index < -0.39 is 0 Å². The molecule has 0 atom stereocenters. The maximum atomic E-state index is 12.2. The Labute approximate surface area is 143 Å². The fourth-order valence-electron chi connectivity index (χ4n) is 2.37. The molecule has 5 heteroatoms. The van der Waals surface area contributed by atoms with E-state index in [9.17, 15) is 4.79 Å². The highest BCUT2D eigenvalue weighted by Crippen LogP contribution is 2.22. The highest BCUT2D eigenvalue weighted by Gasteiger charge is 2.07. The minimum Gasteiger partial charge on any atom is -0.273 e. The third-order valence-corrected chi connectivity index (χ3v) is 4.85. The third-order valence-electron chi connectivity index (χ3n) is 3.51. The van der Waals surface area contributed by atoms with Crippen LogP contribution in [0.4, 0.5) is 0 Å². The molecule has 0 fully saturated rings. The van der Waals surface area contributed by atoms with Gasteiger partial charge < -0.3 is 0 Å². The Hall–Kier alpha value is -2.17. The van der Waals surface area contributed by atoms with Crippen LogP contribution < -0.4 is 5.43 Å². The second-order valence-electron chi connectivity index (χ2n) is 5.15. The first-order valence-electron chi connectivity index (χ1n) is 7.19. The number of nitrogens with one attached hydrogen (secondary N) is 1. The fraction of sp³-hybridized carbons (Fsp3) is 0.111. The van der Waals surface area contributed by atoms with E-state index in [1.807, 2.05) is 61.5 Å². The summed E-state index contributed by atoms with van der Waals surface area (Å²) in [7, 11) is 0. The predicted octanol–water partition coefficient (Wildman–Crippen LogP) is 4.64. The molecule has 0 bridgehead atoms. The summed E-state index contributed by atoms with van der Waals surface area (Å²) in [6.07, 6.45) is 0.295. The van der Waals surface area contributed by atoms with Crippen LogP contribution in [0.1, 0.15) is 17.4 Å². The van der Waals surface area contributed by atoms with Crippen molar-refractivity contribution in [2.75, 3.05) is 0 Å². The second kappa shape index (κ2) is 6.94. The van der Waals surface area contributed by atoms with Gasteiger partial charge in [0.1, 0.15) is 0 Å². The van der Waals surface area contributed by atoms with Gasteiger partial charge in [-0.15, -0.1) is 11.3 Å². The summed E-state index contributed by atoms with van der Waals surface area (Å²) in [6, 6.07) is 17.7. The maximum Gasteiger partial charge on any atom is 0.244 e. The van der Waals surface area contributed by atoms with Crippen molar-refractivity contribution in [2.24, 2.45) is 5.10 Å². The van der Waals surface area contributed by atoms with Gasteiger partial charge in [0, 0.05) is 0 Å². The molecular formula is C18H15ClN2OS. The van der Waals surface area contributed by atoms with Crippen molar-refractivity contribution in [3.8, 4) is 0 Å². The molecule has 1 amide bonds. The SMILES string of the molecule is CC(=NNC(=O)Cc1cccc2ccccc12)c1ccc(Cl)s1. The molecule has 0 aliphatic heterocycles. The van der Waals surface area contributed by atoms with Crippen molar-refractivity contribution in [2.45, 2.75) is 13.3 Å². The van der Waals surface area contributed by atoms with Gasteiger partial charge in [-0.1, -0.05) is 54.1 Å². The number of halogens is 1. The summed E-state index contributed by atoms with van der Waals surface area (Å²) in [5.41, 5.74) is 4.35. The summed E-state index contributed by atoms with van der Waals surface area (Å²) in [6.45, 7) is 1.85. The van der Waals surface area contributed by atoms with Gasteiger partial charge >= 0.3 is 0 Å². The first-order valence-corrected chi connectivity index (χ1v) is 8.38. The maximum absolute atomic E-state index is 12.2. The lowest BCUT2D eigenvalue weighted by molar-refractivity contribution is -0.120. The quantitative estimate of drug-likeness (QED) is 0.544. The number of hydrogen-bond donors (Lipinski definition) is 1. The molecule has 0 aliphatic rings. The fourth-order valence-corrected chi connectivity index (χ4v) is 3.36. The van der Waals surface area contributed by atoms with Crippen LogP contribution in [-0.4, -0.2) is 11.6 Å². The number of fused-ring (bicyclic) bond motifs is 1. The summed E-state index contributed by atoms with van der Waals surface area (Å²) < 4.78 is 0.705. The summed E-state index contributed by atoms with van der Waals surface area (Å²) in [4.78, 5) is 13.1. The minimum atomic E-state index is -0.136. The molecule has 0 saturated heterocycles. The number of rotatable bonds is 4. The second-order valence-corrected chi connectivity index (χ2v) is 6.87. The van der Waals surface area contributed by atoms with Crippen molar-refractivity contribution >= 4 is 45.3 Å². The Morgan fingerprint density at radius 2 is 1.91 bits per heavy atom. The number of hydrazone groups is 1. The normalized spacial score (nSPS) is 11.7. The summed E-state index contributed by atoms with van der Waals surface area (Å²) >= 11 is 7.34. The summed E-state index contributed by atoms with van der Waals surface area (Å²) in [5, 5.41) is 6.38. The van der Waals surface area contributed by atoms with E-state index in [1.165, 1.54) is 11.3 Å². The van der Waals surface area contributed by atoms with Crippen LogP contribution in [0, 0.1) is 0 Å². The van der Waals surface area contributed by atoms with Gasteiger partial charge in [0.15, 0.2) is 0 Å². The highest BCUT2D eigenvalue weighted by molar-refractivity contribution is 7.18. The first-order chi connectivity index (χ1) is 11.1. The standard InChI is InChI=1S/C18H15ClN2OS/c1-12(16-9-10-17(19)23-16)20-21-18(22)11-14-7-4-6-13-5-2-3-8-15(13)14/h2-10H,11H2,1H3,(H,21,22). The van der Waals surface area contributed by atoms with E-state index in [4.69, 9.17) is 11.6 Å². The molecular weight excluding hydrogens is 328 g/mol. The molecule has 116 valence electrons. The number of benzene rings is 2. The smallest absolute Gasteiger partial charge is 0.244 e. The van der Waals surface area contributed by atoms with E-state index in [-0.39, 0.29) is 5.91 Å². The molecule has 3 rings (SSSR count). The Morgan fingerprint density at radius 3 is 2.70 bits per heavy atom. The van der Waals surface area contributed by atoms with Crippen LogP contribution in [-0.2, 0) is 11.2 Å². The molecule has 0 aliphatic carbocycles. The Kier molecular flexibility index (Phi) is 4.74. The number of amides is 1. The number of nitrogens with zero attached hydrogens (tertiary/aromatic N) is 1. The molecule has 0 spiro atoms. The first kappa shape index (κ1) is 15.7. The van der Waals surface area contributed by atoms with Crippen LogP contribution in [0.2, 0.25) is 4.34 Å². The predicted molar refractivity (Wildman–Crippen MR) is 97.3 cm³/mol. The van der Waals surface area contributed by atoms with Crippen molar-refractivity contribution in [3.05, 3.63) is 69.4 Å². The van der Waals surface area contributed by atoms with Gasteiger partial charge in [-0.05, 0) is 35.4 Å². The van der Waals surface area contributed by atoms with Crippen molar-refractivity contribution in [1.82, 2.24) is 5.43 Å². The highest BCUT2D eigenvalue weighted by atomic mass is 35.5. The van der Waals surface area contributed by atoms with Gasteiger partial charge in [-0.3, -0.25) is 4.79 Å². The molecule has 0 saturated carbocycles. The summed E-state index contributed by atoms with van der Waals surface area (Å²) in [5.74, 6) is -0.136. The third kappa shape index (κ3) is 3.78. The minimum absolute atomic E-state index is 0.136. The Bertz CT molecular complexity index is 880. The molecule has 3 aromatic rings. The molecule has 1 heterocycles. The van der Waals surface area contributed by atoms with Crippen LogP contribution in [0.3, 0.4) is 0 Å². The number of thiophene rings is 1. The average Bonchev–Trinajstić information content (AvgIpc) is 2.99. The molecule has 3 nitrogen and oxygen atoms in total. The van der Waals surface area contributed by atoms with Crippen LogP contribution in [0.5, 0.6) is 0 Å². The van der Waals surface area contributed by atoms with Crippen LogP contribution in [0.25, 0.3) is 10.8 Å². The molecule has 0 radical (unpaired) electrons. The van der Waals surface area contributed by atoms with Crippen LogP contribution >= 0.6 is 22.9 Å². The molecule has 0 unspecified atom stereocenters. The van der Waals surface area contributed by atoms with Crippen molar-refractivity contribution in [3.63, 3.8) is 0 Å². The number of hydrogen-bond acceptors (Lipinski definition) is 3. The van der Waals surface area contributed by atoms with Crippen molar-refractivity contribution in [1.29, 1.82) is 0 Å². The molecule has 23 heavy (non-hydrogen) atoms. The Morgan fingerprint density at radius 1 is 1.13 bits per heavy atom. The van der Waals surface area contributed by atoms with Gasteiger partial charge in [-0.25, -0.2) is 5.43 Å². The van der Waals surface area contributed by atoms with E-state index in [0.29, 0.717) is 10.8 Å². The van der Waals surface area contributed by atoms with Crippen LogP contribution in [0.15, 0.2) is 59.7 Å². The van der Waals surface area contributed by atoms with Gasteiger partial charge in [0.05, 0.1) is 21.3 Å². The monoisotopic (exact) mass is 342 g/mol. The lowest BCUT2D eigenvalue weighted by Crippen LogP contribution is -2.21. The number of carbonyl (C=O) groups excluding carboxylic acids is 1. The lowest BCUT2D eigenvalue weighted by atomic mass is 10.0. The topological polar surface area (TPSA) is 41.5 Å². The zero-order valence-corrected chi connectivity index (χ0v) is 14.1. The van der Waals surface area contributed by atoms with Crippen molar-refractivity contribution < 1.29 is 4.79 Å². The van der Waals surface area contributed by atoms with E-state index in [0.717, 1.165) is 26.9 Å². The van der Waals surface area contributed by atoms with Gasteiger partial charge in [0.2, 0.25) is 5.91 Å². The molecule has 2 aromatic carbocycles. The average molecular weight is 343 g/mol. The Balaban J connectivity index is 1.72. The number of carbonyl (C=O) groups is 1. The lowest BCUT2D eigenvalue weighted by Gasteiger charge is -2.06. The molecule has 1 aromatic heterocycles. The van der Waals surface area contributed by atoms with E-state index in [2.05, 4.69) is 10.5 Å². The zero-order chi connectivity index (χ0) is 16.2. The molecule has 1 N–H and O–H groups in total. The van der Waals surface area contributed by atoms with E-state index >= 15 is 0 Å². The van der Waals surface area contributed by atoms with E-state index in [1.54, 1.807) is 0 Å². The van der Waals surface area contributed by atoms with Gasteiger partial charge in [0.25, 0.3) is 0 Å². The zero-order valence-electron chi connectivity index (χ0n) is 12.5. The largest absolute Gasteiger partial charge is 0.273 e. The van der Waals surface area contributed by atoms with Gasteiger partial charge in [-0.2, -0.15) is 5.10 Å².